The fraction of sp³-hybridized carbons (Fsp3) is 0.250. The molecule has 3 aromatic rings. The Bertz CT molecular complexity index is 1090. The number of aromatic carboxylic acids is 1. The van der Waals surface area contributed by atoms with Crippen LogP contribution < -0.4 is 20.3 Å². The van der Waals surface area contributed by atoms with Gasteiger partial charge in [0.05, 0.1) is 37.8 Å². The number of ether oxygens (including phenoxy) is 2. The number of methoxy groups -OCH3 is 1. The van der Waals surface area contributed by atoms with Crippen molar-refractivity contribution in [2.75, 3.05) is 48.9 Å². The molecule has 0 amide bonds. The summed E-state index contributed by atoms with van der Waals surface area (Å²) in [6.07, 6.45) is 1.45. The van der Waals surface area contributed by atoms with Crippen LogP contribution in [0.3, 0.4) is 0 Å². The minimum atomic E-state index is -1.03. The molecular formula is C20H20ClN5O4S. The van der Waals surface area contributed by atoms with Crippen molar-refractivity contribution in [1.82, 2.24) is 9.97 Å². The quantitative estimate of drug-likeness (QED) is 0.476. The number of hydrogen-bond donors (Lipinski definition) is 3. The molecule has 4 rings (SSSR count). The molecule has 31 heavy (non-hydrogen) atoms. The van der Waals surface area contributed by atoms with Crippen LogP contribution in [-0.2, 0) is 4.74 Å². The van der Waals surface area contributed by atoms with Crippen LogP contribution in [-0.4, -0.2) is 54.5 Å². The van der Waals surface area contributed by atoms with Gasteiger partial charge in [-0.15, -0.1) is 11.3 Å². The lowest BCUT2D eigenvalue weighted by Gasteiger charge is -2.29. The standard InChI is InChI=1S/C20H20ClN5O4S/c1-29-16-3-2-12(26-5-7-30-8-6-26)10-15(16)23-20-22-11-14(21)17(25-20)24-18-13(19(27)28)4-9-31-18/h2-4,9-11H,5-8H2,1H3,(H,27,28)(H2,22,23,24,25). The highest BCUT2D eigenvalue weighted by molar-refractivity contribution is 7.14. The molecule has 0 radical (unpaired) electrons. The molecule has 9 nitrogen and oxygen atoms in total. The van der Waals surface area contributed by atoms with Crippen molar-refractivity contribution in [2.45, 2.75) is 0 Å². The molecule has 1 saturated heterocycles. The third-order valence-corrected chi connectivity index (χ3v) is 5.78. The lowest BCUT2D eigenvalue weighted by molar-refractivity contribution is 0.0698. The molecule has 0 bridgehead atoms. The largest absolute Gasteiger partial charge is 0.495 e. The Labute approximate surface area is 187 Å². The van der Waals surface area contributed by atoms with Gasteiger partial charge in [0.2, 0.25) is 5.95 Å². The van der Waals surface area contributed by atoms with Gasteiger partial charge in [0.1, 0.15) is 15.8 Å². The van der Waals surface area contributed by atoms with E-state index >= 15 is 0 Å². The summed E-state index contributed by atoms with van der Waals surface area (Å²) >= 11 is 7.48. The van der Waals surface area contributed by atoms with E-state index in [1.54, 1.807) is 12.5 Å². The topological polar surface area (TPSA) is 109 Å². The van der Waals surface area contributed by atoms with Crippen LogP contribution in [0.15, 0.2) is 35.8 Å². The molecule has 1 aromatic carbocycles. The Morgan fingerprint density at radius 1 is 1.29 bits per heavy atom. The summed E-state index contributed by atoms with van der Waals surface area (Å²) in [7, 11) is 1.59. The van der Waals surface area contributed by atoms with Gasteiger partial charge in [0.15, 0.2) is 5.82 Å². The summed E-state index contributed by atoms with van der Waals surface area (Å²) in [6.45, 7) is 2.99. The van der Waals surface area contributed by atoms with Gasteiger partial charge in [-0.05, 0) is 29.6 Å². The lowest BCUT2D eigenvalue weighted by atomic mass is 10.2. The summed E-state index contributed by atoms with van der Waals surface area (Å²) in [6, 6.07) is 7.37. The van der Waals surface area contributed by atoms with Crippen LogP contribution in [0.5, 0.6) is 5.75 Å². The second-order valence-electron chi connectivity index (χ2n) is 6.59. The predicted molar refractivity (Wildman–Crippen MR) is 121 cm³/mol. The highest BCUT2D eigenvalue weighted by atomic mass is 35.5. The smallest absolute Gasteiger partial charge is 0.338 e. The van der Waals surface area contributed by atoms with E-state index in [0.717, 1.165) is 18.8 Å². The summed E-state index contributed by atoms with van der Waals surface area (Å²) in [5.74, 6) is 0.193. The first-order valence-electron chi connectivity index (χ1n) is 9.43. The zero-order chi connectivity index (χ0) is 21.8. The predicted octanol–water partition coefficient (Wildman–Crippen LogP) is 4.22. The fourth-order valence-corrected chi connectivity index (χ4v) is 4.05. The number of carboxylic acid groups (broad SMARTS) is 1. The third-order valence-electron chi connectivity index (χ3n) is 4.68. The van der Waals surface area contributed by atoms with E-state index in [1.165, 1.54) is 23.6 Å². The first kappa shape index (κ1) is 21.2. The molecule has 3 N–H and O–H groups in total. The van der Waals surface area contributed by atoms with Crippen LogP contribution in [0.2, 0.25) is 5.02 Å². The number of carbonyl (C=O) groups is 1. The van der Waals surface area contributed by atoms with Crippen molar-refractivity contribution in [3.05, 3.63) is 46.4 Å². The minimum Gasteiger partial charge on any atom is -0.495 e. The maximum atomic E-state index is 11.4. The molecule has 0 atom stereocenters. The number of anilines is 5. The van der Waals surface area contributed by atoms with Crippen molar-refractivity contribution in [2.24, 2.45) is 0 Å². The third kappa shape index (κ3) is 4.82. The number of halogens is 1. The maximum absolute atomic E-state index is 11.4. The summed E-state index contributed by atoms with van der Waals surface area (Å²) in [5.41, 5.74) is 1.87. The van der Waals surface area contributed by atoms with E-state index < -0.39 is 5.97 Å². The van der Waals surface area contributed by atoms with E-state index in [1.807, 2.05) is 18.2 Å². The van der Waals surface area contributed by atoms with Crippen LogP contribution in [0.1, 0.15) is 10.4 Å². The number of nitrogens with one attached hydrogen (secondary N) is 2. The molecular weight excluding hydrogens is 442 g/mol. The Balaban J connectivity index is 1.60. The highest BCUT2D eigenvalue weighted by Crippen LogP contribution is 2.34. The molecule has 1 fully saturated rings. The minimum absolute atomic E-state index is 0.147. The van der Waals surface area contributed by atoms with Crippen molar-refractivity contribution in [1.29, 1.82) is 0 Å². The Hall–Kier alpha value is -3.08. The molecule has 11 heteroatoms. The molecule has 3 heterocycles. The van der Waals surface area contributed by atoms with E-state index in [9.17, 15) is 9.90 Å². The average molecular weight is 462 g/mol. The molecule has 2 aromatic heterocycles. The van der Waals surface area contributed by atoms with Crippen LogP contribution in [0.4, 0.5) is 28.1 Å². The number of aromatic nitrogens is 2. The maximum Gasteiger partial charge on any atom is 0.338 e. The number of carboxylic acids is 1. The summed E-state index contributed by atoms with van der Waals surface area (Å²) in [4.78, 5) is 22.3. The Morgan fingerprint density at radius 2 is 2.10 bits per heavy atom. The second kappa shape index (κ2) is 9.38. The lowest BCUT2D eigenvalue weighted by Crippen LogP contribution is -2.36. The normalized spacial score (nSPS) is 13.7. The Morgan fingerprint density at radius 3 is 2.84 bits per heavy atom. The molecule has 0 spiro atoms. The number of nitrogens with zero attached hydrogens (tertiary/aromatic N) is 3. The number of hydrogen-bond acceptors (Lipinski definition) is 9. The first-order valence-corrected chi connectivity index (χ1v) is 10.7. The van der Waals surface area contributed by atoms with E-state index in [-0.39, 0.29) is 16.5 Å². The van der Waals surface area contributed by atoms with Gasteiger partial charge in [0.25, 0.3) is 0 Å². The number of benzene rings is 1. The number of rotatable bonds is 7. The van der Waals surface area contributed by atoms with Gasteiger partial charge in [-0.3, -0.25) is 0 Å². The van der Waals surface area contributed by atoms with Gasteiger partial charge in [-0.2, -0.15) is 4.98 Å². The van der Waals surface area contributed by atoms with Crippen LogP contribution in [0, 0.1) is 0 Å². The molecule has 0 saturated carbocycles. The SMILES string of the molecule is COc1ccc(N2CCOCC2)cc1Nc1ncc(Cl)c(Nc2sccc2C(=O)O)n1. The molecule has 0 unspecified atom stereocenters. The van der Waals surface area contributed by atoms with Crippen molar-refractivity contribution in [3.63, 3.8) is 0 Å². The first-order chi connectivity index (χ1) is 15.0. The molecule has 1 aliphatic rings. The van der Waals surface area contributed by atoms with Crippen LogP contribution in [0.25, 0.3) is 0 Å². The zero-order valence-electron chi connectivity index (χ0n) is 16.6. The van der Waals surface area contributed by atoms with Crippen LogP contribution >= 0.6 is 22.9 Å². The van der Waals surface area contributed by atoms with E-state index in [2.05, 4.69) is 25.5 Å². The number of morpholine rings is 1. The number of thiophene rings is 1. The zero-order valence-corrected chi connectivity index (χ0v) is 18.2. The summed E-state index contributed by atoms with van der Waals surface area (Å²) in [5, 5.41) is 17.8. The van der Waals surface area contributed by atoms with Gasteiger partial charge in [-0.25, -0.2) is 9.78 Å². The van der Waals surface area contributed by atoms with Crippen molar-refractivity contribution < 1.29 is 19.4 Å². The molecule has 1 aliphatic heterocycles. The van der Waals surface area contributed by atoms with E-state index in [0.29, 0.717) is 35.5 Å². The summed E-state index contributed by atoms with van der Waals surface area (Å²) < 4.78 is 10.9. The highest BCUT2D eigenvalue weighted by Gasteiger charge is 2.16. The van der Waals surface area contributed by atoms with Crippen molar-refractivity contribution in [3.8, 4) is 5.75 Å². The van der Waals surface area contributed by atoms with Gasteiger partial charge in [-0.1, -0.05) is 11.6 Å². The molecule has 162 valence electrons. The van der Waals surface area contributed by atoms with Gasteiger partial charge < -0.3 is 30.1 Å². The van der Waals surface area contributed by atoms with Gasteiger partial charge >= 0.3 is 5.97 Å². The van der Waals surface area contributed by atoms with Gasteiger partial charge in [0, 0.05) is 18.8 Å². The second-order valence-corrected chi connectivity index (χ2v) is 7.92. The Kier molecular flexibility index (Phi) is 6.40. The monoisotopic (exact) mass is 461 g/mol. The molecule has 0 aliphatic carbocycles. The van der Waals surface area contributed by atoms with Crippen molar-refractivity contribution >= 4 is 57.0 Å². The van der Waals surface area contributed by atoms with E-state index in [4.69, 9.17) is 21.1 Å². The fourth-order valence-electron chi connectivity index (χ4n) is 3.13. The average Bonchev–Trinajstić information content (AvgIpc) is 3.25.